The molecule has 0 aliphatic rings. The number of imidazole rings is 2. The van der Waals surface area contributed by atoms with Gasteiger partial charge in [0.1, 0.15) is 23.0 Å². The van der Waals surface area contributed by atoms with Crippen molar-refractivity contribution in [2.75, 3.05) is 34.0 Å². The van der Waals surface area contributed by atoms with E-state index in [1.807, 2.05) is 0 Å². The van der Waals surface area contributed by atoms with Crippen molar-refractivity contribution in [1.82, 2.24) is 29.1 Å². The molecular weight excluding hydrogens is 795 g/mol. The topological polar surface area (TPSA) is 237 Å². The Kier molecular flexibility index (Phi) is 10.7. The maximum Gasteiger partial charge on any atom is 0.433 e. The van der Waals surface area contributed by atoms with Crippen molar-refractivity contribution < 1.29 is 48.0 Å². The number of nitrogens with one attached hydrogen (secondary N) is 1. The van der Waals surface area contributed by atoms with Gasteiger partial charge in [-0.05, 0) is 36.4 Å². The van der Waals surface area contributed by atoms with E-state index in [1.54, 1.807) is 7.05 Å². The Morgan fingerprint density at radius 1 is 0.661 bits per heavy atom. The summed E-state index contributed by atoms with van der Waals surface area (Å²) in [5.74, 6) is -0.191. The van der Waals surface area contributed by atoms with Crippen LogP contribution in [0.2, 0.25) is 0 Å². The number of aryl methyl sites for hydroxylation is 2. The van der Waals surface area contributed by atoms with Crippen LogP contribution in [0.3, 0.4) is 0 Å². The zero-order valence-corrected chi connectivity index (χ0v) is 31.3. The molecule has 4 aromatic heterocycles. The Bertz CT molecular complexity index is 2750. The van der Waals surface area contributed by atoms with E-state index in [-0.39, 0.29) is 83.4 Å². The summed E-state index contributed by atoms with van der Waals surface area (Å²) < 4.78 is 131. The third-order valence-electron chi connectivity index (χ3n) is 8.58. The fourth-order valence-corrected chi connectivity index (χ4v) is 7.74. The SMILES string of the molecule is CCS(=O)(=O)c1cc(N)c(N)cc1-c1nc2cc(C(F)(F)F)ncc2n1C.CCS(=O)(=O)c1cc(NC=O)c(N)cc1-c1nc2cc(C(F)(F)F)ncc2n1C. The fraction of sp³-hybridized carbons (Fsp3) is 0.242. The molecule has 0 aliphatic carbocycles. The molecule has 0 fully saturated rings. The van der Waals surface area contributed by atoms with Gasteiger partial charge < -0.3 is 31.7 Å². The van der Waals surface area contributed by atoms with Gasteiger partial charge in [-0.2, -0.15) is 26.3 Å². The number of aromatic nitrogens is 6. The first-order chi connectivity index (χ1) is 25.9. The number of pyridine rings is 2. The van der Waals surface area contributed by atoms with Crippen LogP contribution in [0.25, 0.3) is 44.8 Å². The molecule has 15 nitrogen and oxygen atoms in total. The molecular formula is C33H32F6N10O5S2. The number of carbonyl (C=O) groups is 1. The summed E-state index contributed by atoms with van der Waals surface area (Å²) in [5.41, 5.74) is 16.6. The number of hydrogen-bond acceptors (Lipinski definition) is 12. The van der Waals surface area contributed by atoms with Gasteiger partial charge in [0, 0.05) is 25.2 Å². The van der Waals surface area contributed by atoms with Crippen LogP contribution in [0.15, 0.2) is 58.6 Å². The Labute approximate surface area is 314 Å². The molecule has 56 heavy (non-hydrogen) atoms. The van der Waals surface area contributed by atoms with E-state index in [4.69, 9.17) is 17.2 Å². The second-order valence-electron chi connectivity index (χ2n) is 12.1. The number of alkyl halides is 6. The van der Waals surface area contributed by atoms with Crippen LogP contribution in [0, 0.1) is 0 Å². The Balaban J connectivity index is 0.000000215. The monoisotopic (exact) mass is 826 g/mol. The number of nitrogen functional groups attached to an aromatic ring is 3. The average Bonchev–Trinajstić information content (AvgIpc) is 3.64. The van der Waals surface area contributed by atoms with Crippen LogP contribution in [-0.4, -0.2) is 63.8 Å². The number of halogens is 6. The highest BCUT2D eigenvalue weighted by Crippen LogP contribution is 2.38. The molecule has 0 atom stereocenters. The van der Waals surface area contributed by atoms with Crippen molar-refractivity contribution in [3.63, 3.8) is 0 Å². The summed E-state index contributed by atoms with van der Waals surface area (Å²) in [6, 6.07) is 6.72. The number of sulfone groups is 2. The van der Waals surface area contributed by atoms with Gasteiger partial charge in [-0.25, -0.2) is 36.8 Å². The summed E-state index contributed by atoms with van der Waals surface area (Å²) in [5, 5.41) is 2.32. The van der Waals surface area contributed by atoms with E-state index >= 15 is 0 Å². The van der Waals surface area contributed by atoms with Crippen molar-refractivity contribution in [2.24, 2.45) is 14.1 Å². The number of carbonyl (C=O) groups excluding carboxylic acids is 1. The molecule has 7 N–H and O–H groups in total. The van der Waals surface area contributed by atoms with Crippen molar-refractivity contribution in [3.8, 4) is 22.8 Å². The van der Waals surface area contributed by atoms with Crippen LogP contribution < -0.4 is 22.5 Å². The zero-order chi connectivity index (χ0) is 41.7. The van der Waals surface area contributed by atoms with E-state index in [1.165, 1.54) is 54.3 Å². The predicted molar refractivity (Wildman–Crippen MR) is 196 cm³/mol. The van der Waals surface area contributed by atoms with Gasteiger partial charge >= 0.3 is 12.4 Å². The van der Waals surface area contributed by atoms with Gasteiger partial charge in [0.05, 0.1) is 78.5 Å². The number of hydrogen-bond donors (Lipinski definition) is 4. The van der Waals surface area contributed by atoms with Crippen molar-refractivity contribution in [3.05, 3.63) is 60.2 Å². The van der Waals surface area contributed by atoms with Crippen molar-refractivity contribution in [2.45, 2.75) is 36.0 Å². The van der Waals surface area contributed by atoms with Crippen LogP contribution >= 0.6 is 0 Å². The first-order valence-electron chi connectivity index (χ1n) is 16.0. The molecule has 0 saturated heterocycles. The van der Waals surface area contributed by atoms with Gasteiger partial charge in [0.25, 0.3) is 0 Å². The lowest BCUT2D eigenvalue weighted by Gasteiger charge is -2.14. The van der Waals surface area contributed by atoms with E-state index in [0.717, 1.165) is 24.5 Å². The van der Waals surface area contributed by atoms with E-state index in [0.29, 0.717) is 11.9 Å². The molecule has 0 saturated carbocycles. The number of fused-ring (bicyclic) bond motifs is 2. The average molecular weight is 827 g/mol. The second kappa shape index (κ2) is 14.6. The van der Waals surface area contributed by atoms with Crippen LogP contribution in [-0.2, 0) is 50.9 Å². The number of nitrogens with two attached hydrogens (primary N) is 3. The van der Waals surface area contributed by atoms with Gasteiger partial charge in [0.15, 0.2) is 19.7 Å². The summed E-state index contributed by atoms with van der Waals surface area (Å²) >= 11 is 0. The fourth-order valence-electron chi connectivity index (χ4n) is 5.54. The zero-order valence-electron chi connectivity index (χ0n) is 29.7. The molecule has 0 bridgehead atoms. The van der Waals surface area contributed by atoms with E-state index < -0.39 is 43.4 Å². The Morgan fingerprint density at radius 3 is 1.45 bits per heavy atom. The molecule has 0 aliphatic heterocycles. The second-order valence-corrected chi connectivity index (χ2v) is 16.6. The molecule has 2 aromatic carbocycles. The van der Waals surface area contributed by atoms with Gasteiger partial charge in [-0.15, -0.1) is 0 Å². The third-order valence-corrected chi connectivity index (χ3v) is 12.1. The maximum atomic E-state index is 13.0. The molecule has 0 unspecified atom stereocenters. The minimum absolute atomic E-state index is 0.00154. The Morgan fingerprint density at radius 2 is 1.05 bits per heavy atom. The summed E-state index contributed by atoms with van der Waals surface area (Å²) in [7, 11) is -4.39. The van der Waals surface area contributed by atoms with Crippen molar-refractivity contribution >= 4 is 70.9 Å². The largest absolute Gasteiger partial charge is 0.433 e. The molecule has 0 radical (unpaired) electrons. The van der Waals surface area contributed by atoms with Crippen molar-refractivity contribution in [1.29, 1.82) is 0 Å². The smallest absolute Gasteiger partial charge is 0.397 e. The summed E-state index contributed by atoms with van der Waals surface area (Å²) in [6.07, 6.45) is -6.84. The predicted octanol–water partition coefficient (Wildman–Crippen LogP) is 5.21. The van der Waals surface area contributed by atoms with Crippen LogP contribution in [0.4, 0.5) is 49.1 Å². The van der Waals surface area contributed by atoms with E-state index in [2.05, 4.69) is 25.3 Å². The van der Waals surface area contributed by atoms with Gasteiger partial charge in [0.2, 0.25) is 6.41 Å². The number of anilines is 4. The lowest BCUT2D eigenvalue weighted by atomic mass is 10.1. The Hall–Kier alpha value is -5.97. The molecule has 0 spiro atoms. The van der Waals surface area contributed by atoms with Gasteiger partial charge in [-0.3, -0.25) is 4.79 Å². The number of nitrogens with zero attached hydrogens (tertiary/aromatic N) is 6. The molecule has 4 heterocycles. The maximum absolute atomic E-state index is 13.0. The summed E-state index contributed by atoms with van der Waals surface area (Å²) in [4.78, 5) is 25.7. The minimum Gasteiger partial charge on any atom is -0.397 e. The highest BCUT2D eigenvalue weighted by atomic mass is 32.2. The number of rotatable bonds is 8. The van der Waals surface area contributed by atoms with Crippen LogP contribution in [0.5, 0.6) is 0 Å². The minimum atomic E-state index is -4.64. The lowest BCUT2D eigenvalue weighted by Crippen LogP contribution is -2.10. The molecule has 298 valence electrons. The lowest BCUT2D eigenvalue weighted by molar-refractivity contribution is -0.141. The third kappa shape index (κ3) is 7.76. The standard InChI is InChI=1S/C17H16F3N5O3S.C16H16F3N5O2S/c1-3-29(27,28)14-5-11(23-8-26)10(21)4-9(14)16-24-12-6-15(17(18,19)20)22-7-13(12)25(16)2;1-3-27(25,26)13-5-10(21)9(20)4-8(13)15-23-11-6-14(16(17,18)19)22-7-12(11)24(15)2/h4-8H,3,21H2,1-2H3,(H,23,26);4-7H,3,20-21H2,1-2H3. The normalized spacial score (nSPS) is 12.5. The number of amides is 1. The van der Waals surface area contributed by atoms with E-state index in [9.17, 15) is 48.0 Å². The van der Waals surface area contributed by atoms with Crippen LogP contribution in [0.1, 0.15) is 25.2 Å². The first-order valence-corrected chi connectivity index (χ1v) is 19.3. The van der Waals surface area contributed by atoms with Gasteiger partial charge in [-0.1, -0.05) is 13.8 Å². The first kappa shape index (κ1) is 41.2. The highest BCUT2D eigenvalue weighted by Gasteiger charge is 2.34. The molecule has 23 heteroatoms. The highest BCUT2D eigenvalue weighted by molar-refractivity contribution is 7.91. The summed E-state index contributed by atoms with van der Waals surface area (Å²) in [6.45, 7) is 2.91. The molecule has 6 rings (SSSR count). The quantitative estimate of drug-likeness (QED) is 0.0879. The molecule has 1 amide bonds. The molecule has 6 aromatic rings. The number of benzene rings is 2.